The second-order valence-electron chi connectivity index (χ2n) is 7.58. The predicted molar refractivity (Wildman–Crippen MR) is 110 cm³/mol. The molecular formula is C21H29N6O+. The third kappa shape index (κ3) is 3.61. The van der Waals surface area contributed by atoms with Crippen LogP contribution in [0.5, 0.6) is 0 Å². The Bertz CT molecular complexity index is 982. The average Bonchev–Trinajstić information content (AvgIpc) is 3.43. The van der Waals surface area contributed by atoms with E-state index in [4.69, 9.17) is 16.0 Å². The lowest BCUT2D eigenvalue weighted by Gasteiger charge is -2.07. The Hall–Kier alpha value is -2.83. The monoisotopic (exact) mass is 381 g/mol. The van der Waals surface area contributed by atoms with E-state index in [-0.39, 0.29) is 6.04 Å². The standard InChI is InChI=1S/C21H28N6O/c1-2-3-4-5-11-26-13-10-15-14-16(8-9-17(15)26)19-24-20(28-25-19)18-7-6-12-27(18)21(22)23/h8-10,13-14,18H,2-7,11-12H2,1H3,(H3,22,23)/p+1/t18-/m0/s1. The first-order chi connectivity index (χ1) is 13.7. The van der Waals surface area contributed by atoms with Crippen LogP contribution in [0.2, 0.25) is 0 Å². The van der Waals surface area contributed by atoms with Crippen LogP contribution in [0, 0.1) is 0 Å². The molecule has 0 unspecified atom stereocenters. The minimum Gasteiger partial charge on any atom is -0.347 e. The van der Waals surface area contributed by atoms with Crippen molar-refractivity contribution in [2.75, 3.05) is 6.54 Å². The summed E-state index contributed by atoms with van der Waals surface area (Å²) in [6.45, 7) is 4.12. The highest BCUT2D eigenvalue weighted by molar-refractivity contribution is 5.84. The van der Waals surface area contributed by atoms with Crippen LogP contribution in [0.25, 0.3) is 22.3 Å². The maximum atomic E-state index is 5.79. The van der Waals surface area contributed by atoms with E-state index in [1.54, 1.807) is 0 Å². The molecule has 0 bridgehead atoms. The smallest absolute Gasteiger partial charge is 0.341 e. The molecule has 1 fully saturated rings. The van der Waals surface area contributed by atoms with Crippen molar-refractivity contribution in [3.63, 3.8) is 0 Å². The van der Waals surface area contributed by atoms with Gasteiger partial charge in [0.1, 0.15) is 0 Å². The molecule has 1 aliphatic heterocycles. The van der Waals surface area contributed by atoms with E-state index in [1.165, 1.54) is 36.6 Å². The molecule has 1 aromatic carbocycles. The van der Waals surface area contributed by atoms with Gasteiger partial charge >= 0.3 is 5.96 Å². The van der Waals surface area contributed by atoms with E-state index in [2.05, 4.69) is 52.1 Å². The van der Waals surface area contributed by atoms with E-state index in [9.17, 15) is 0 Å². The Morgan fingerprint density at radius 1 is 1.25 bits per heavy atom. The Morgan fingerprint density at radius 3 is 2.96 bits per heavy atom. The van der Waals surface area contributed by atoms with Crippen molar-refractivity contribution < 1.29 is 9.10 Å². The molecule has 7 nitrogen and oxygen atoms in total. The fourth-order valence-electron chi connectivity index (χ4n) is 4.06. The highest BCUT2D eigenvalue weighted by atomic mass is 16.5. The molecule has 4 N–H and O–H groups in total. The fourth-order valence-corrected chi connectivity index (χ4v) is 4.06. The van der Waals surface area contributed by atoms with Gasteiger partial charge in [0.2, 0.25) is 5.82 Å². The van der Waals surface area contributed by atoms with Gasteiger partial charge in [0, 0.05) is 29.2 Å². The van der Waals surface area contributed by atoms with Crippen molar-refractivity contribution in [3.8, 4) is 11.4 Å². The number of guanidine groups is 1. The predicted octanol–water partition coefficient (Wildman–Crippen LogP) is 3.39. The second kappa shape index (κ2) is 8.04. The SMILES string of the molecule is CCCCCCn1ccc2cc(-c3noc([C@@H]4CCC[N+]4=C(N)N)n3)ccc21. The zero-order valence-corrected chi connectivity index (χ0v) is 16.5. The molecule has 3 heterocycles. The molecule has 0 amide bonds. The van der Waals surface area contributed by atoms with Crippen LogP contribution in [-0.2, 0) is 6.54 Å². The average molecular weight is 382 g/mol. The quantitative estimate of drug-likeness (QED) is 0.371. The molecular weight excluding hydrogens is 352 g/mol. The molecule has 0 spiro atoms. The van der Waals surface area contributed by atoms with Crippen LogP contribution < -0.4 is 11.5 Å². The van der Waals surface area contributed by atoms with Gasteiger partial charge in [-0.2, -0.15) is 4.98 Å². The first-order valence-electron chi connectivity index (χ1n) is 10.2. The minimum atomic E-state index is -0.0285. The first-order valence-corrected chi connectivity index (χ1v) is 10.2. The number of aryl methyl sites for hydroxylation is 1. The molecule has 0 aliphatic carbocycles. The Balaban J connectivity index is 1.54. The lowest BCUT2D eigenvalue weighted by Crippen LogP contribution is -2.35. The van der Waals surface area contributed by atoms with Crippen LogP contribution in [0.1, 0.15) is 57.4 Å². The topological polar surface area (TPSA) is 98.9 Å². The van der Waals surface area contributed by atoms with Crippen molar-refractivity contribution in [3.05, 3.63) is 36.4 Å². The van der Waals surface area contributed by atoms with Crippen molar-refractivity contribution in [1.29, 1.82) is 0 Å². The number of aromatic nitrogens is 3. The summed E-state index contributed by atoms with van der Waals surface area (Å²) < 4.78 is 9.80. The van der Waals surface area contributed by atoms with Gasteiger partial charge in [0.05, 0.1) is 6.54 Å². The van der Waals surface area contributed by atoms with E-state index < -0.39 is 0 Å². The number of hydrogen-bond acceptors (Lipinski definition) is 3. The van der Waals surface area contributed by atoms with Gasteiger partial charge in [-0.1, -0.05) is 31.3 Å². The van der Waals surface area contributed by atoms with Crippen molar-refractivity contribution >= 4 is 16.9 Å². The molecule has 7 heteroatoms. The number of nitrogens with zero attached hydrogens (tertiary/aromatic N) is 4. The second-order valence-corrected chi connectivity index (χ2v) is 7.58. The van der Waals surface area contributed by atoms with Crippen LogP contribution >= 0.6 is 0 Å². The third-order valence-corrected chi connectivity index (χ3v) is 5.59. The Labute approximate surface area is 165 Å². The molecule has 0 saturated carbocycles. The zero-order chi connectivity index (χ0) is 19.5. The van der Waals surface area contributed by atoms with Gasteiger partial charge < -0.3 is 9.09 Å². The normalized spacial score (nSPS) is 16.9. The summed E-state index contributed by atoms with van der Waals surface area (Å²) in [5, 5.41) is 5.39. The van der Waals surface area contributed by atoms with Crippen molar-refractivity contribution in [2.45, 2.75) is 58.0 Å². The summed E-state index contributed by atoms with van der Waals surface area (Å²) in [5.74, 6) is 1.49. The lowest BCUT2D eigenvalue weighted by molar-refractivity contribution is -0.555. The summed E-state index contributed by atoms with van der Waals surface area (Å²) in [6, 6.07) is 8.47. The Kier molecular flexibility index (Phi) is 5.32. The molecule has 1 atom stereocenters. The van der Waals surface area contributed by atoms with Crippen LogP contribution in [0.4, 0.5) is 0 Å². The van der Waals surface area contributed by atoms with Crippen molar-refractivity contribution in [1.82, 2.24) is 14.7 Å². The van der Waals surface area contributed by atoms with Gasteiger partial charge in [0.25, 0.3) is 5.89 Å². The molecule has 0 radical (unpaired) electrons. The maximum Gasteiger partial charge on any atom is 0.341 e. The summed E-state index contributed by atoms with van der Waals surface area (Å²) in [7, 11) is 0. The molecule has 4 rings (SSSR count). The van der Waals surface area contributed by atoms with Gasteiger partial charge in [-0.15, -0.1) is 0 Å². The van der Waals surface area contributed by atoms with Crippen LogP contribution in [0.3, 0.4) is 0 Å². The summed E-state index contributed by atoms with van der Waals surface area (Å²) in [5.41, 5.74) is 13.8. The Morgan fingerprint density at radius 2 is 2.14 bits per heavy atom. The van der Waals surface area contributed by atoms with E-state index in [1.807, 2.05) is 4.58 Å². The zero-order valence-electron chi connectivity index (χ0n) is 16.5. The number of hydrogen-bond donors (Lipinski definition) is 2. The maximum absolute atomic E-state index is 5.79. The van der Waals surface area contributed by atoms with Gasteiger partial charge in [-0.25, -0.2) is 0 Å². The number of unbranched alkanes of at least 4 members (excludes halogenated alkanes) is 3. The highest BCUT2D eigenvalue weighted by Crippen LogP contribution is 2.29. The fraction of sp³-hybridized carbons (Fsp3) is 0.476. The summed E-state index contributed by atoms with van der Waals surface area (Å²) >= 11 is 0. The number of rotatable bonds is 7. The lowest BCUT2D eigenvalue weighted by atomic mass is 10.1. The molecule has 2 aromatic heterocycles. The van der Waals surface area contributed by atoms with Crippen LogP contribution in [0.15, 0.2) is 35.0 Å². The van der Waals surface area contributed by atoms with Crippen LogP contribution in [-0.4, -0.2) is 31.8 Å². The van der Waals surface area contributed by atoms with Gasteiger partial charge in [-0.3, -0.25) is 16.0 Å². The molecule has 28 heavy (non-hydrogen) atoms. The van der Waals surface area contributed by atoms with E-state index in [0.717, 1.165) is 31.5 Å². The number of fused-ring (bicyclic) bond motifs is 1. The number of nitrogens with two attached hydrogens (primary N) is 2. The largest absolute Gasteiger partial charge is 0.347 e. The van der Waals surface area contributed by atoms with E-state index in [0.29, 0.717) is 17.7 Å². The molecule has 1 aliphatic rings. The minimum absolute atomic E-state index is 0.0285. The number of benzene rings is 1. The van der Waals surface area contributed by atoms with Crippen molar-refractivity contribution in [2.24, 2.45) is 11.5 Å². The molecule has 148 valence electrons. The highest BCUT2D eigenvalue weighted by Gasteiger charge is 2.31. The molecule has 3 aromatic rings. The van der Waals surface area contributed by atoms with Gasteiger partial charge in [-0.05, 0) is 43.5 Å². The summed E-state index contributed by atoms with van der Waals surface area (Å²) in [6.07, 6.45) is 9.15. The third-order valence-electron chi connectivity index (χ3n) is 5.59. The first kappa shape index (κ1) is 18.5. The van der Waals surface area contributed by atoms with E-state index >= 15 is 0 Å². The van der Waals surface area contributed by atoms with Gasteiger partial charge in [0.15, 0.2) is 6.04 Å². The molecule has 1 saturated heterocycles. The summed E-state index contributed by atoms with van der Waals surface area (Å²) in [4.78, 5) is 4.63.